The van der Waals surface area contributed by atoms with E-state index < -0.39 is 35.1 Å². The lowest BCUT2D eigenvalue weighted by molar-refractivity contribution is -0.146. The maximum atomic E-state index is 15.7. The number of carbonyl (C=O) groups excluding carboxylic acids is 1. The fourth-order valence-corrected chi connectivity index (χ4v) is 7.39. The molecule has 4 aromatic rings. The molecule has 0 saturated carbocycles. The molecule has 6 heteroatoms. The van der Waals surface area contributed by atoms with E-state index in [9.17, 15) is 4.79 Å². The lowest BCUT2D eigenvalue weighted by Gasteiger charge is -2.52. The molecule has 2 unspecified atom stereocenters. The van der Waals surface area contributed by atoms with Gasteiger partial charge >= 0.3 is 12.1 Å². The van der Waals surface area contributed by atoms with Crippen molar-refractivity contribution in [2.75, 3.05) is 20.2 Å². The number of hydrogen-bond acceptors (Lipinski definition) is 3. The topological polar surface area (TPSA) is 29.5 Å². The molecule has 0 spiro atoms. The minimum atomic E-state index is -4.71. The Labute approximate surface area is 265 Å². The zero-order valence-electron chi connectivity index (χ0n) is 26.5. The average molecular weight is 614 g/mol. The summed E-state index contributed by atoms with van der Waals surface area (Å²) in [5, 5.41) is 0. The number of nitrogens with zero attached hydrogens (tertiary/aromatic N) is 1. The minimum Gasteiger partial charge on any atom is -0.466 e. The largest absolute Gasteiger partial charge is 0.466 e. The second-order valence-electron chi connectivity index (χ2n) is 12.4. The third-order valence-electron chi connectivity index (χ3n) is 9.14. The van der Waals surface area contributed by atoms with E-state index in [1.54, 1.807) is 19.1 Å². The van der Waals surface area contributed by atoms with Gasteiger partial charge in [-0.25, -0.2) is 0 Å². The molecule has 4 aromatic carbocycles. The number of rotatable bonds is 9. The Morgan fingerprint density at radius 1 is 0.889 bits per heavy atom. The third kappa shape index (κ3) is 6.44. The van der Waals surface area contributed by atoms with Crippen molar-refractivity contribution in [1.29, 1.82) is 0 Å². The van der Waals surface area contributed by atoms with E-state index in [-0.39, 0.29) is 30.1 Å². The van der Waals surface area contributed by atoms with E-state index >= 15 is 13.2 Å². The number of hydrogen-bond donors (Lipinski definition) is 0. The summed E-state index contributed by atoms with van der Waals surface area (Å²) in [6.07, 6.45) is -3.19. The van der Waals surface area contributed by atoms with Crippen LogP contribution in [0.2, 0.25) is 0 Å². The number of ether oxygens (including phenoxy) is 1. The SMILES string of the molecule is CCOC(=O)C(CC(C)C)c1cc(-c2ccccc2)cc(C2CCCN(C)C2(c2ccccc2)c2ccccc2)c1C(F)(F)F. The molecule has 0 amide bonds. The van der Waals surface area contributed by atoms with Gasteiger partial charge in [-0.05, 0) is 85.1 Å². The molecule has 1 aliphatic heterocycles. The summed E-state index contributed by atoms with van der Waals surface area (Å²) in [5.41, 5.74) is 1.96. The summed E-state index contributed by atoms with van der Waals surface area (Å²) >= 11 is 0. The molecule has 1 saturated heterocycles. The molecular weight excluding hydrogens is 571 g/mol. The molecule has 0 aromatic heterocycles. The Bertz CT molecular complexity index is 1530. The molecule has 1 aliphatic rings. The maximum absolute atomic E-state index is 15.7. The molecular formula is C39H42F3NO2. The summed E-state index contributed by atoms with van der Waals surface area (Å²) in [6, 6.07) is 32.6. The lowest BCUT2D eigenvalue weighted by Crippen LogP contribution is -2.53. The number of alkyl halides is 3. The monoisotopic (exact) mass is 613 g/mol. The number of likely N-dealkylation sites (N-methyl/N-ethyl adjacent to an activating group) is 1. The smallest absolute Gasteiger partial charge is 0.416 e. The highest BCUT2D eigenvalue weighted by atomic mass is 19.4. The molecule has 1 fully saturated rings. The fraction of sp³-hybridized carbons (Fsp3) is 0.359. The zero-order chi connectivity index (χ0) is 32.2. The van der Waals surface area contributed by atoms with Crippen molar-refractivity contribution in [3.05, 3.63) is 131 Å². The van der Waals surface area contributed by atoms with E-state index in [1.165, 1.54) is 0 Å². The Kier molecular flexibility index (Phi) is 9.83. The van der Waals surface area contributed by atoms with Crippen molar-refractivity contribution in [3.63, 3.8) is 0 Å². The predicted molar refractivity (Wildman–Crippen MR) is 174 cm³/mol. The van der Waals surface area contributed by atoms with Crippen LogP contribution < -0.4 is 0 Å². The van der Waals surface area contributed by atoms with Crippen molar-refractivity contribution in [3.8, 4) is 11.1 Å². The van der Waals surface area contributed by atoms with Crippen LogP contribution in [0.3, 0.4) is 0 Å². The molecule has 236 valence electrons. The van der Waals surface area contributed by atoms with Crippen LogP contribution in [0.5, 0.6) is 0 Å². The van der Waals surface area contributed by atoms with Crippen LogP contribution in [0.1, 0.15) is 79.7 Å². The molecule has 0 bridgehead atoms. The van der Waals surface area contributed by atoms with Crippen LogP contribution >= 0.6 is 0 Å². The Balaban J connectivity index is 1.91. The number of piperidine rings is 1. The van der Waals surface area contributed by atoms with E-state index in [0.29, 0.717) is 12.0 Å². The Morgan fingerprint density at radius 2 is 1.44 bits per heavy atom. The highest BCUT2D eigenvalue weighted by Crippen LogP contribution is 2.55. The van der Waals surface area contributed by atoms with Crippen LogP contribution in [-0.4, -0.2) is 31.1 Å². The van der Waals surface area contributed by atoms with E-state index in [4.69, 9.17) is 4.74 Å². The van der Waals surface area contributed by atoms with Gasteiger partial charge in [-0.3, -0.25) is 9.69 Å². The fourth-order valence-electron chi connectivity index (χ4n) is 7.39. The highest BCUT2D eigenvalue weighted by molar-refractivity contribution is 5.81. The molecule has 2 atom stereocenters. The van der Waals surface area contributed by atoms with Crippen molar-refractivity contribution < 1.29 is 22.7 Å². The van der Waals surface area contributed by atoms with Gasteiger partial charge in [0.25, 0.3) is 0 Å². The van der Waals surface area contributed by atoms with Crippen molar-refractivity contribution >= 4 is 5.97 Å². The summed E-state index contributed by atoms with van der Waals surface area (Å²) in [4.78, 5) is 15.7. The Hall–Kier alpha value is -3.90. The van der Waals surface area contributed by atoms with E-state index in [1.807, 2.05) is 112 Å². The van der Waals surface area contributed by atoms with Gasteiger partial charge in [0.1, 0.15) is 0 Å². The van der Waals surface area contributed by atoms with Gasteiger partial charge in [0.05, 0.1) is 23.6 Å². The number of halogens is 3. The van der Waals surface area contributed by atoms with Gasteiger partial charge in [-0.2, -0.15) is 13.2 Å². The Morgan fingerprint density at radius 3 is 1.96 bits per heavy atom. The molecule has 5 rings (SSSR count). The molecule has 45 heavy (non-hydrogen) atoms. The first-order valence-electron chi connectivity index (χ1n) is 15.9. The van der Waals surface area contributed by atoms with Gasteiger partial charge in [0, 0.05) is 5.92 Å². The molecule has 0 radical (unpaired) electrons. The molecule has 1 heterocycles. The van der Waals surface area contributed by atoms with Crippen molar-refractivity contribution in [2.45, 2.75) is 63.6 Å². The summed E-state index contributed by atoms with van der Waals surface area (Å²) < 4.78 is 52.6. The normalized spacial score (nSPS) is 17.6. The van der Waals surface area contributed by atoms with Crippen molar-refractivity contribution in [2.24, 2.45) is 5.92 Å². The maximum Gasteiger partial charge on any atom is 0.416 e. The van der Waals surface area contributed by atoms with Crippen molar-refractivity contribution in [1.82, 2.24) is 4.90 Å². The number of likely N-dealkylation sites (tertiary alicyclic amines) is 1. The first kappa shape index (κ1) is 32.5. The summed E-state index contributed by atoms with van der Waals surface area (Å²) in [6.45, 7) is 6.36. The van der Waals surface area contributed by atoms with Crippen LogP contribution in [0.15, 0.2) is 103 Å². The van der Waals surface area contributed by atoms with Gasteiger partial charge in [0.2, 0.25) is 0 Å². The minimum absolute atomic E-state index is 0.00532. The quantitative estimate of drug-likeness (QED) is 0.176. The second-order valence-corrected chi connectivity index (χ2v) is 12.4. The van der Waals surface area contributed by atoms with E-state index in [0.717, 1.165) is 29.7 Å². The second kappa shape index (κ2) is 13.6. The van der Waals surface area contributed by atoms with Gasteiger partial charge in [-0.1, -0.05) is 111 Å². The van der Waals surface area contributed by atoms with Crippen LogP contribution in [-0.2, 0) is 21.2 Å². The number of benzene rings is 4. The first-order valence-corrected chi connectivity index (χ1v) is 15.9. The van der Waals surface area contributed by atoms with Gasteiger partial charge in [-0.15, -0.1) is 0 Å². The van der Waals surface area contributed by atoms with Crippen LogP contribution in [0, 0.1) is 5.92 Å². The first-order chi connectivity index (χ1) is 21.6. The average Bonchev–Trinajstić information content (AvgIpc) is 3.04. The van der Waals surface area contributed by atoms with Crippen LogP contribution in [0.4, 0.5) is 13.2 Å². The molecule has 0 aliphatic carbocycles. The zero-order valence-corrected chi connectivity index (χ0v) is 26.5. The van der Waals surface area contributed by atoms with Gasteiger partial charge < -0.3 is 4.74 Å². The third-order valence-corrected chi connectivity index (χ3v) is 9.14. The van der Waals surface area contributed by atoms with E-state index in [2.05, 4.69) is 4.90 Å². The summed E-state index contributed by atoms with van der Waals surface area (Å²) in [7, 11) is 2.02. The predicted octanol–water partition coefficient (Wildman–Crippen LogP) is 9.82. The highest BCUT2D eigenvalue weighted by Gasteiger charge is 2.51. The summed E-state index contributed by atoms with van der Waals surface area (Å²) in [5.74, 6) is -2.28. The lowest BCUT2D eigenvalue weighted by atomic mass is 9.64. The number of carbonyl (C=O) groups is 1. The van der Waals surface area contributed by atoms with Crippen LogP contribution in [0.25, 0.3) is 11.1 Å². The number of esters is 1. The molecule has 3 nitrogen and oxygen atoms in total. The standard InChI is InChI=1S/C39H42F3NO2/c1-5-45-37(44)33(24-27(2)3)32-25-29(28-16-9-6-10-17-28)26-34(36(32)39(40,41)42)35-22-15-23-43(4)38(35,30-18-11-7-12-19-30)31-20-13-8-14-21-31/h6-14,16-21,25-27,33,35H,5,15,22-24H2,1-4H3. The molecule has 0 N–H and O–H groups in total. The van der Waals surface area contributed by atoms with Gasteiger partial charge in [0.15, 0.2) is 0 Å².